The lowest BCUT2D eigenvalue weighted by molar-refractivity contribution is -0.0289. The molecule has 7 heterocycles. The zero-order chi connectivity index (χ0) is 37.3. The Morgan fingerprint density at radius 1 is 0.946 bits per heavy atom. The Hall–Kier alpha value is -5.18. The normalized spacial score (nSPS) is 21.4. The molecule has 4 saturated heterocycles. The van der Waals surface area contributed by atoms with Crippen LogP contribution in [0, 0.1) is 12.7 Å². The molecule has 4 aliphatic heterocycles. The van der Waals surface area contributed by atoms with Crippen molar-refractivity contribution in [1.82, 2.24) is 40.2 Å². The van der Waals surface area contributed by atoms with Crippen molar-refractivity contribution in [2.45, 2.75) is 82.2 Å². The molecule has 0 amide bonds. The summed E-state index contributed by atoms with van der Waals surface area (Å²) in [5, 5.41) is 17.5. The van der Waals surface area contributed by atoms with E-state index >= 15 is 4.39 Å². The van der Waals surface area contributed by atoms with Crippen LogP contribution >= 0.6 is 0 Å². The summed E-state index contributed by atoms with van der Waals surface area (Å²) in [6.07, 6.45) is 8.87. The van der Waals surface area contributed by atoms with Crippen molar-refractivity contribution in [1.29, 1.82) is 0 Å². The first-order valence-corrected chi connectivity index (χ1v) is 20.0. The van der Waals surface area contributed by atoms with Crippen LogP contribution in [-0.4, -0.2) is 92.6 Å². The number of benzene rings is 3. The van der Waals surface area contributed by atoms with E-state index in [0.717, 1.165) is 95.4 Å². The van der Waals surface area contributed by atoms with E-state index in [1.807, 2.05) is 11.6 Å². The van der Waals surface area contributed by atoms with E-state index in [2.05, 4.69) is 60.8 Å². The van der Waals surface area contributed by atoms with Gasteiger partial charge in [0.2, 0.25) is 0 Å². The Morgan fingerprint density at radius 3 is 2.54 bits per heavy atom. The number of hydrogen-bond acceptors (Lipinski definition) is 11. The Balaban J connectivity index is 1.04. The molecular weight excluding hydrogens is 714 g/mol. The highest BCUT2D eigenvalue weighted by Crippen LogP contribution is 2.53. The second-order valence-corrected chi connectivity index (χ2v) is 16.1. The fourth-order valence-corrected chi connectivity index (χ4v) is 8.89. The van der Waals surface area contributed by atoms with E-state index in [4.69, 9.17) is 28.9 Å². The summed E-state index contributed by atoms with van der Waals surface area (Å²) in [5.74, 6) is 2.27. The van der Waals surface area contributed by atoms with Gasteiger partial charge in [-0.2, -0.15) is 20.2 Å². The predicted molar refractivity (Wildman–Crippen MR) is 207 cm³/mol. The van der Waals surface area contributed by atoms with Crippen molar-refractivity contribution in [2.24, 2.45) is 0 Å². The molecule has 11 rings (SSSR count). The van der Waals surface area contributed by atoms with Crippen molar-refractivity contribution in [3.63, 3.8) is 0 Å². The van der Waals surface area contributed by atoms with Crippen molar-refractivity contribution < 1.29 is 23.3 Å². The van der Waals surface area contributed by atoms with E-state index < -0.39 is 0 Å². The van der Waals surface area contributed by atoms with Gasteiger partial charge in [0.25, 0.3) is 0 Å². The van der Waals surface area contributed by atoms with Gasteiger partial charge in [0.15, 0.2) is 11.6 Å². The number of halogens is 1. The van der Waals surface area contributed by atoms with Gasteiger partial charge in [-0.25, -0.2) is 14.1 Å². The van der Waals surface area contributed by atoms with Gasteiger partial charge < -0.3 is 29.2 Å². The minimum atomic E-state index is -0.298. The average molecular weight is 758 g/mol. The lowest BCUT2D eigenvalue weighted by atomic mass is 9.88. The quantitative estimate of drug-likeness (QED) is 0.163. The molecule has 56 heavy (non-hydrogen) atoms. The smallest absolute Gasteiger partial charge is 0.319 e. The summed E-state index contributed by atoms with van der Waals surface area (Å²) in [6, 6.07) is 13.5. The fraction of sp³-hybridized carbons (Fsp3) is 0.452. The van der Waals surface area contributed by atoms with Crippen LogP contribution in [0.5, 0.6) is 11.8 Å². The Morgan fingerprint density at radius 2 is 1.79 bits per heavy atom. The third-order valence-corrected chi connectivity index (χ3v) is 12.2. The monoisotopic (exact) mass is 757 g/mol. The number of nitrogens with zero attached hydrogens (tertiary/aromatic N) is 7. The molecule has 2 atom stereocenters. The number of fused-ring (bicyclic) bond motifs is 4. The zero-order valence-corrected chi connectivity index (χ0v) is 31.3. The zero-order valence-electron chi connectivity index (χ0n) is 31.3. The summed E-state index contributed by atoms with van der Waals surface area (Å²) in [4.78, 5) is 17.4. The maximum atomic E-state index is 15.9. The number of ether oxygens (including phenoxy) is 4. The topological polar surface area (TPSA) is 137 Å². The largest absolute Gasteiger partial charge is 0.486 e. The molecule has 0 radical (unpaired) electrons. The van der Waals surface area contributed by atoms with Gasteiger partial charge in [-0.15, -0.1) is 0 Å². The minimum absolute atomic E-state index is 0.0500. The Labute approximate surface area is 322 Å². The van der Waals surface area contributed by atoms with Crippen molar-refractivity contribution in [3.05, 3.63) is 82.8 Å². The average Bonchev–Trinajstić information content (AvgIpc) is 3.50. The molecule has 5 aliphatic rings. The number of H-pyrrole nitrogens is 1. The minimum Gasteiger partial charge on any atom is -0.486 e. The van der Waals surface area contributed by atoms with E-state index in [0.29, 0.717) is 79.2 Å². The first-order valence-electron chi connectivity index (χ1n) is 20.0. The Kier molecular flexibility index (Phi) is 8.39. The van der Waals surface area contributed by atoms with Crippen LogP contribution in [0.15, 0.2) is 48.9 Å². The summed E-state index contributed by atoms with van der Waals surface area (Å²) in [7, 11) is 0. The van der Waals surface area contributed by atoms with Crippen LogP contribution in [-0.2, 0) is 22.5 Å². The highest BCUT2D eigenvalue weighted by atomic mass is 19.1. The molecule has 13 nitrogen and oxygen atoms in total. The number of hydrogen-bond donors (Lipinski definition) is 2. The molecular formula is C42H44FN9O4. The molecule has 0 spiro atoms. The maximum absolute atomic E-state index is 15.9. The van der Waals surface area contributed by atoms with Crippen LogP contribution in [0.2, 0.25) is 0 Å². The number of anilines is 1. The number of aromatic amines is 1. The van der Waals surface area contributed by atoms with E-state index in [1.165, 1.54) is 6.07 Å². The molecule has 1 saturated carbocycles. The molecule has 3 aromatic heterocycles. The Bertz CT molecular complexity index is 2440. The van der Waals surface area contributed by atoms with Gasteiger partial charge in [0.1, 0.15) is 42.2 Å². The highest BCUT2D eigenvalue weighted by molar-refractivity contribution is 6.06. The van der Waals surface area contributed by atoms with Gasteiger partial charge >= 0.3 is 6.01 Å². The van der Waals surface area contributed by atoms with Crippen molar-refractivity contribution in [3.8, 4) is 22.9 Å². The van der Waals surface area contributed by atoms with Crippen LogP contribution in [0.4, 0.5) is 10.2 Å². The summed E-state index contributed by atoms with van der Waals surface area (Å²) in [6.45, 7) is 6.54. The second kappa shape index (κ2) is 13.8. The number of rotatable bonds is 11. The number of aromatic nitrogens is 7. The van der Waals surface area contributed by atoms with Gasteiger partial charge in [0.05, 0.1) is 38.1 Å². The SMILES string of the molecule is Cc1c(F)cc2[nH]ncc2c1-c1c(C2CC2)cc2c(N3C[C@@H]4C[C@H]3CN4)nc(OC3CCOCC3)nc2c1OCc1ccc(Cc2ncn(C3COC3)n2)cc1. The van der Waals surface area contributed by atoms with Gasteiger partial charge in [0, 0.05) is 66.3 Å². The highest BCUT2D eigenvalue weighted by Gasteiger charge is 2.41. The van der Waals surface area contributed by atoms with Crippen LogP contribution in [0.25, 0.3) is 32.9 Å². The summed E-state index contributed by atoms with van der Waals surface area (Å²) in [5.41, 5.74) is 6.73. The first kappa shape index (κ1) is 34.1. The summed E-state index contributed by atoms with van der Waals surface area (Å²) < 4.78 is 42.4. The molecule has 5 fully saturated rings. The molecule has 3 aromatic carbocycles. The predicted octanol–water partition coefficient (Wildman–Crippen LogP) is 5.94. The molecule has 2 N–H and O–H groups in total. The van der Waals surface area contributed by atoms with Crippen molar-refractivity contribution >= 4 is 27.6 Å². The third-order valence-electron chi connectivity index (χ3n) is 12.2. The van der Waals surface area contributed by atoms with Gasteiger partial charge in [-0.3, -0.25) is 5.10 Å². The van der Waals surface area contributed by atoms with E-state index in [-0.39, 0.29) is 24.6 Å². The van der Waals surface area contributed by atoms with E-state index in [1.54, 1.807) is 12.5 Å². The third kappa shape index (κ3) is 6.14. The number of piperazine rings is 1. The molecule has 6 aromatic rings. The molecule has 0 unspecified atom stereocenters. The van der Waals surface area contributed by atoms with Crippen molar-refractivity contribution in [2.75, 3.05) is 44.4 Å². The standard InChI is InChI=1S/C42H44FN9O4/c1-23-34(43)15-35-33(17-46-49-35)37(23)38-31(26-6-7-26)14-32-39(47-42(56-30-8-10-53-11-9-30)48-41(32)51-18-27-13-28(51)16-44-27)40(38)55-19-25-4-2-24(3-5-25)12-36-45-22-52(50-36)29-20-54-21-29/h2-5,14-15,17,22,26-30,44H,6-13,16,18-21H2,1H3,(H,46,49)/t27-,28-/m0/s1. The van der Waals surface area contributed by atoms with Crippen LogP contribution in [0.3, 0.4) is 0 Å². The van der Waals surface area contributed by atoms with Crippen LogP contribution < -0.4 is 19.7 Å². The molecule has 1 aliphatic carbocycles. The fourth-order valence-electron chi connectivity index (χ4n) is 8.89. The summed E-state index contributed by atoms with van der Waals surface area (Å²) >= 11 is 0. The molecule has 2 bridgehead atoms. The molecule has 288 valence electrons. The van der Waals surface area contributed by atoms with Gasteiger partial charge in [-0.1, -0.05) is 24.3 Å². The maximum Gasteiger partial charge on any atom is 0.319 e. The van der Waals surface area contributed by atoms with Gasteiger partial charge in [-0.05, 0) is 66.5 Å². The molecule has 14 heteroatoms. The van der Waals surface area contributed by atoms with E-state index in [9.17, 15) is 0 Å². The lowest BCUT2D eigenvalue weighted by Crippen LogP contribution is -2.44. The van der Waals surface area contributed by atoms with Crippen LogP contribution in [0.1, 0.15) is 72.1 Å². The second-order valence-electron chi connectivity index (χ2n) is 16.1. The first-order chi connectivity index (χ1) is 27.5. The lowest BCUT2D eigenvalue weighted by Gasteiger charge is -2.31. The number of nitrogens with one attached hydrogen (secondary N) is 2.